The van der Waals surface area contributed by atoms with E-state index in [4.69, 9.17) is 0 Å². The van der Waals surface area contributed by atoms with Crippen LogP contribution in [0.1, 0.15) is 16.2 Å². The molecule has 0 spiro atoms. The predicted octanol–water partition coefficient (Wildman–Crippen LogP) is 3.87. The zero-order valence-electron chi connectivity index (χ0n) is 16.4. The molecule has 0 aliphatic carbocycles. The van der Waals surface area contributed by atoms with Crippen LogP contribution in [0.2, 0.25) is 0 Å². The van der Waals surface area contributed by atoms with Crippen molar-refractivity contribution in [3.05, 3.63) is 94.8 Å². The summed E-state index contributed by atoms with van der Waals surface area (Å²) < 4.78 is 1.78. The van der Waals surface area contributed by atoms with Gasteiger partial charge in [0.15, 0.2) is 0 Å². The van der Waals surface area contributed by atoms with E-state index in [0.29, 0.717) is 23.1 Å². The van der Waals surface area contributed by atoms with Crippen LogP contribution >= 0.6 is 0 Å². The van der Waals surface area contributed by atoms with Gasteiger partial charge in [-0.15, -0.1) is 0 Å². The van der Waals surface area contributed by atoms with Crippen LogP contribution in [0.25, 0.3) is 5.82 Å². The van der Waals surface area contributed by atoms with Crippen molar-refractivity contribution in [2.24, 2.45) is 0 Å². The second-order valence-corrected chi connectivity index (χ2v) is 6.56. The SMILES string of the molecule is Cc1nc(Nc2ccc(NC(=O)c3ccccc3[N+](=O)[O-])cc2)cc(-n2ccnc2)n1. The van der Waals surface area contributed by atoms with Crippen LogP contribution in [0.15, 0.2) is 73.3 Å². The Kier molecular flexibility index (Phi) is 5.35. The van der Waals surface area contributed by atoms with Crippen molar-refractivity contribution in [2.45, 2.75) is 6.92 Å². The first-order valence-electron chi connectivity index (χ1n) is 9.25. The van der Waals surface area contributed by atoms with Crippen molar-refractivity contribution < 1.29 is 9.72 Å². The summed E-state index contributed by atoms with van der Waals surface area (Å²) >= 11 is 0. The van der Waals surface area contributed by atoms with Gasteiger partial charge in [0.1, 0.15) is 29.4 Å². The molecule has 4 aromatic rings. The highest BCUT2D eigenvalue weighted by Gasteiger charge is 2.19. The maximum absolute atomic E-state index is 12.4. The van der Waals surface area contributed by atoms with Crippen molar-refractivity contribution in [1.29, 1.82) is 0 Å². The number of benzene rings is 2. The summed E-state index contributed by atoms with van der Waals surface area (Å²) in [4.78, 5) is 35.8. The molecule has 10 heteroatoms. The first kappa shape index (κ1) is 19.7. The van der Waals surface area contributed by atoms with Crippen LogP contribution < -0.4 is 10.6 Å². The number of hydrogen-bond donors (Lipinski definition) is 2. The lowest BCUT2D eigenvalue weighted by molar-refractivity contribution is -0.385. The number of carbonyl (C=O) groups is 1. The number of hydrogen-bond acceptors (Lipinski definition) is 7. The van der Waals surface area contributed by atoms with Crippen LogP contribution in [0.3, 0.4) is 0 Å². The Labute approximate surface area is 176 Å². The number of carbonyl (C=O) groups excluding carboxylic acids is 1. The highest BCUT2D eigenvalue weighted by molar-refractivity contribution is 6.07. The van der Waals surface area contributed by atoms with E-state index in [2.05, 4.69) is 25.6 Å². The summed E-state index contributed by atoms with van der Waals surface area (Å²) in [6.45, 7) is 1.80. The van der Waals surface area contributed by atoms with Crippen LogP contribution in [0, 0.1) is 17.0 Å². The Bertz CT molecular complexity index is 1240. The molecule has 10 nitrogen and oxygen atoms in total. The zero-order valence-corrected chi connectivity index (χ0v) is 16.4. The Morgan fingerprint density at radius 1 is 1.06 bits per heavy atom. The van der Waals surface area contributed by atoms with Gasteiger partial charge in [-0.05, 0) is 37.3 Å². The van der Waals surface area contributed by atoms with Crippen molar-refractivity contribution in [3.63, 3.8) is 0 Å². The number of para-hydroxylation sites is 1. The molecule has 0 radical (unpaired) electrons. The highest BCUT2D eigenvalue weighted by atomic mass is 16.6. The molecule has 0 bridgehead atoms. The second-order valence-electron chi connectivity index (χ2n) is 6.56. The fourth-order valence-corrected chi connectivity index (χ4v) is 2.95. The van der Waals surface area contributed by atoms with E-state index in [-0.39, 0.29) is 11.3 Å². The smallest absolute Gasteiger partial charge is 0.282 e. The minimum Gasteiger partial charge on any atom is -0.340 e. The van der Waals surface area contributed by atoms with E-state index < -0.39 is 10.8 Å². The molecule has 31 heavy (non-hydrogen) atoms. The van der Waals surface area contributed by atoms with Crippen molar-refractivity contribution in [2.75, 3.05) is 10.6 Å². The molecule has 0 aliphatic heterocycles. The number of anilines is 3. The molecule has 2 aromatic carbocycles. The molecule has 0 atom stereocenters. The Hall–Kier alpha value is -4.60. The summed E-state index contributed by atoms with van der Waals surface area (Å²) in [6.07, 6.45) is 5.11. The molecular weight excluding hydrogens is 398 g/mol. The number of amides is 1. The molecule has 0 saturated heterocycles. The predicted molar refractivity (Wildman–Crippen MR) is 115 cm³/mol. The monoisotopic (exact) mass is 415 g/mol. The molecule has 0 fully saturated rings. The second kappa shape index (κ2) is 8.41. The maximum atomic E-state index is 12.4. The van der Waals surface area contributed by atoms with E-state index >= 15 is 0 Å². The molecule has 154 valence electrons. The van der Waals surface area contributed by atoms with Crippen molar-refractivity contribution in [3.8, 4) is 5.82 Å². The first-order chi connectivity index (χ1) is 15.0. The summed E-state index contributed by atoms with van der Waals surface area (Å²) in [6, 6.07) is 14.5. The lowest BCUT2D eigenvalue weighted by Crippen LogP contribution is -2.13. The number of nitro groups is 1. The van der Waals surface area contributed by atoms with E-state index in [1.807, 2.05) is 0 Å². The number of aromatic nitrogens is 4. The molecule has 4 rings (SSSR count). The summed E-state index contributed by atoms with van der Waals surface area (Å²) in [7, 11) is 0. The molecule has 2 aromatic heterocycles. The molecular formula is C21H17N7O3. The van der Waals surface area contributed by atoms with Gasteiger partial charge in [0.2, 0.25) is 0 Å². The van der Waals surface area contributed by atoms with Crippen molar-refractivity contribution in [1.82, 2.24) is 19.5 Å². The van der Waals surface area contributed by atoms with E-state index in [0.717, 1.165) is 5.69 Å². The number of nitrogens with one attached hydrogen (secondary N) is 2. The Balaban J connectivity index is 1.48. The lowest BCUT2D eigenvalue weighted by Gasteiger charge is -2.10. The third-order valence-electron chi connectivity index (χ3n) is 4.35. The Morgan fingerprint density at radius 3 is 2.52 bits per heavy atom. The number of nitro benzene ring substituents is 1. The minimum absolute atomic E-state index is 0.00167. The van der Waals surface area contributed by atoms with Crippen LogP contribution in [0.5, 0.6) is 0 Å². The molecule has 0 aliphatic rings. The number of rotatable bonds is 6. The topological polar surface area (TPSA) is 128 Å². The van der Waals surface area contributed by atoms with Gasteiger partial charge in [0.05, 0.1) is 4.92 Å². The van der Waals surface area contributed by atoms with Gasteiger partial charge in [-0.3, -0.25) is 19.5 Å². The third kappa shape index (κ3) is 4.53. The quantitative estimate of drug-likeness (QED) is 0.361. The van der Waals surface area contributed by atoms with Gasteiger partial charge < -0.3 is 10.6 Å². The van der Waals surface area contributed by atoms with Gasteiger partial charge >= 0.3 is 0 Å². The molecule has 0 saturated carbocycles. The molecule has 1 amide bonds. The average molecular weight is 415 g/mol. The van der Waals surface area contributed by atoms with Gasteiger partial charge in [-0.1, -0.05) is 12.1 Å². The molecule has 0 unspecified atom stereocenters. The van der Waals surface area contributed by atoms with Crippen molar-refractivity contribution >= 4 is 28.8 Å². The fourth-order valence-electron chi connectivity index (χ4n) is 2.95. The largest absolute Gasteiger partial charge is 0.340 e. The average Bonchev–Trinajstić information content (AvgIpc) is 3.30. The van der Waals surface area contributed by atoms with E-state index in [1.165, 1.54) is 18.2 Å². The van der Waals surface area contributed by atoms with Gasteiger partial charge in [-0.2, -0.15) is 0 Å². The number of imidazole rings is 1. The highest BCUT2D eigenvalue weighted by Crippen LogP contribution is 2.22. The van der Waals surface area contributed by atoms with Crippen LogP contribution in [-0.2, 0) is 0 Å². The van der Waals surface area contributed by atoms with Crippen LogP contribution in [-0.4, -0.2) is 30.3 Å². The normalized spacial score (nSPS) is 10.5. The minimum atomic E-state index is -0.580. The Morgan fingerprint density at radius 2 is 1.81 bits per heavy atom. The van der Waals surface area contributed by atoms with E-state index in [9.17, 15) is 14.9 Å². The number of aryl methyl sites for hydroxylation is 1. The summed E-state index contributed by atoms with van der Waals surface area (Å²) in [5.74, 6) is 1.33. The lowest BCUT2D eigenvalue weighted by atomic mass is 10.1. The zero-order chi connectivity index (χ0) is 21.8. The third-order valence-corrected chi connectivity index (χ3v) is 4.35. The maximum Gasteiger partial charge on any atom is 0.282 e. The standard InChI is InChI=1S/C21H17N7O3/c1-14-23-19(12-20(24-14)27-11-10-22-13-27)25-15-6-8-16(9-7-15)26-21(29)17-4-2-3-5-18(17)28(30)31/h2-13H,1H3,(H,26,29)(H,23,24,25). The van der Waals surface area contributed by atoms with Crippen LogP contribution in [0.4, 0.5) is 22.9 Å². The fraction of sp³-hybridized carbons (Fsp3) is 0.0476. The van der Waals surface area contributed by atoms with Gasteiger partial charge in [-0.25, -0.2) is 15.0 Å². The summed E-state index contributed by atoms with van der Waals surface area (Å²) in [5.41, 5.74) is 1.01. The molecule has 2 heterocycles. The molecule has 2 N–H and O–H groups in total. The first-order valence-corrected chi connectivity index (χ1v) is 9.25. The van der Waals surface area contributed by atoms with Gasteiger partial charge in [0.25, 0.3) is 11.6 Å². The van der Waals surface area contributed by atoms with E-state index in [1.54, 1.807) is 66.6 Å². The van der Waals surface area contributed by atoms with Gasteiger partial charge in [0, 0.05) is 35.9 Å². The number of nitrogens with zero attached hydrogens (tertiary/aromatic N) is 5. The summed E-state index contributed by atoms with van der Waals surface area (Å²) in [5, 5.41) is 17.0.